The van der Waals surface area contributed by atoms with Crippen molar-refractivity contribution < 1.29 is 9.13 Å². The molecule has 0 radical (unpaired) electrons. The molecule has 0 aliphatic carbocycles. The Hall–Kier alpha value is -2.51. The van der Waals surface area contributed by atoms with Gasteiger partial charge in [-0.2, -0.15) is 9.61 Å². The van der Waals surface area contributed by atoms with Gasteiger partial charge in [0.2, 0.25) is 4.96 Å². The van der Waals surface area contributed by atoms with Crippen molar-refractivity contribution in [3.8, 4) is 5.75 Å². The number of hydrogen-bond acceptors (Lipinski definition) is 5. The highest BCUT2D eigenvalue weighted by atomic mass is 35.5. The van der Waals surface area contributed by atoms with Crippen LogP contribution in [-0.2, 0) is 13.0 Å². The first-order valence-electron chi connectivity index (χ1n) is 7.50. The van der Waals surface area contributed by atoms with Crippen LogP contribution in [-0.4, -0.2) is 19.8 Å². The second kappa shape index (κ2) is 6.78. The van der Waals surface area contributed by atoms with Crippen molar-refractivity contribution in [1.29, 1.82) is 0 Å². The van der Waals surface area contributed by atoms with Gasteiger partial charge in [0.25, 0.3) is 0 Å². The molecular weight excluding hydrogens is 363 g/mol. The largest absolute Gasteiger partial charge is 0.486 e. The van der Waals surface area contributed by atoms with Crippen molar-refractivity contribution in [1.82, 2.24) is 19.8 Å². The van der Waals surface area contributed by atoms with Gasteiger partial charge in [0, 0.05) is 11.4 Å². The average molecular weight is 375 g/mol. The van der Waals surface area contributed by atoms with Crippen molar-refractivity contribution in [2.24, 2.45) is 0 Å². The molecule has 0 unspecified atom stereocenters. The number of hydrogen-bond donors (Lipinski definition) is 0. The smallest absolute Gasteiger partial charge is 0.234 e. The molecule has 5 nitrogen and oxygen atoms in total. The lowest BCUT2D eigenvalue weighted by atomic mass is 10.1. The SMILES string of the molecule is Fc1ccc(OCc2nn3c(Cc4ccc(Cl)cc4)nnc3s2)cc1. The Bertz CT molecular complexity index is 998. The Morgan fingerprint density at radius 1 is 1.04 bits per heavy atom. The van der Waals surface area contributed by atoms with Crippen LogP contribution in [0.3, 0.4) is 0 Å². The number of rotatable bonds is 5. The zero-order valence-corrected chi connectivity index (χ0v) is 14.5. The lowest BCUT2D eigenvalue weighted by Gasteiger charge is -2.02. The maximum atomic E-state index is 12.9. The second-order valence-electron chi connectivity index (χ2n) is 5.35. The van der Waals surface area contributed by atoms with Crippen molar-refractivity contribution in [2.45, 2.75) is 13.0 Å². The van der Waals surface area contributed by atoms with Crippen LogP contribution in [0.5, 0.6) is 5.75 Å². The third kappa shape index (κ3) is 3.62. The summed E-state index contributed by atoms with van der Waals surface area (Å²) in [4.78, 5) is 0.710. The molecule has 0 atom stereocenters. The Labute approximate surface area is 151 Å². The lowest BCUT2D eigenvalue weighted by Crippen LogP contribution is -2.00. The Morgan fingerprint density at radius 2 is 1.80 bits per heavy atom. The number of halogens is 2. The summed E-state index contributed by atoms with van der Waals surface area (Å²) >= 11 is 7.32. The van der Waals surface area contributed by atoms with E-state index >= 15 is 0 Å². The van der Waals surface area contributed by atoms with Crippen LogP contribution in [0.2, 0.25) is 5.02 Å². The van der Waals surface area contributed by atoms with Crippen molar-refractivity contribution in [2.75, 3.05) is 0 Å². The Kier molecular flexibility index (Phi) is 4.33. The van der Waals surface area contributed by atoms with E-state index in [2.05, 4.69) is 15.3 Å². The molecule has 2 heterocycles. The first-order chi connectivity index (χ1) is 12.2. The van der Waals surface area contributed by atoms with Gasteiger partial charge in [-0.3, -0.25) is 0 Å². The minimum absolute atomic E-state index is 0.292. The highest BCUT2D eigenvalue weighted by Crippen LogP contribution is 2.19. The topological polar surface area (TPSA) is 52.3 Å². The maximum absolute atomic E-state index is 12.9. The van der Waals surface area contributed by atoms with Crippen molar-refractivity contribution >= 4 is 27.9 Å². The molecule has 0 saturated carbocycles. The Morgan fingerprint density at radius 3 is 2.56 bits per heavy atom. The summed E-state index contributed by atoms with van der Waals surface area (Å²) in [5.74, 6) is 1.05. The summed E-state index contributed by atoms with van der Waals surface area (Å²) in [5.41, 5.74) is 1.08. The molecule has 0 bridgehead atoms. The summed E-state index contributed by atoms with van der Waals surface area (Å²) in [5, 5.41) is 14.3. The molecule has 126 valence electrons. The number of benzene rings is 2. The van der Waals surface area contributed by atoms with Crippen LogP contribution < -0.4 is 4.74 Å². The molecule has 4 rings (SSSR count). The molecule has 0 saturated heterocycles. The lowest BCUT2D eigenvalue weighted by molar-refractivity contribution is 0.303. The second-order valence-corrected chi connectivity index (χ2v) is 6.83. The van der Waals surface area contributed by atoms with E-state index in [0.717, 1.165) is 16.4 Å². The quantitative estimate of drug-likeness (QED) is 0.526. The first kappa shape index (κ1) is 16.0. The van der Waals surface area contributed by atoms with Crippen LogP contribution in [0.1, 0.15) is 16.4 Å². The minimum Gasteiger partial charge on any atom is -0.486 e. The standard InChI is InChI=1S/C17H12ClFN4OS/c18-12-3-1-11(2-4-12)9-15-20-21-17-23(15)22-16(25-17)10-24-14-7-5-13(19)6-8-14/h1-8H,9-10H2. The van der Waals surface area contributed by atoms with E-state index in [1.54, 1.807) is 16.6 Å². The molecule has 0 aliphatic rings. The molecule has 0 spiro atoms. The van der Waals surface area contributed by atoms with E-state index in [1.165, 1.54) is 23.5 Å². The van der Waals surface area contributed by atoms with Gasteiger partial charge < -0.3 is 4.74 Å². The first-order valence-corrected chi connectivity index (χ1v) is 8.69. The molecular formula is C17H12ClFN4OS. The third-order valence-electron chi connectivity index (χ3n) is 3.55. The zero-order chi connectivity index (χ0) is 17.2. The molecule has 0 amide bonds. The van der Waals surface area contributed by atoms with Gasteiger partial charge in [-0.05, 0) is 42.0 Å². The number of nitrogens with zero attached hydrogens (tertiary/aromatic N) is 4. The number of ether oxygens (including phenoxy) is 1. The fraction of sp³-hybridized carbons (Fsp3) is 0.118. The summed E-state index contributed by atoms with van der Waals surface area (Å²) in [6.07, 6.45) is 0.611. The normalized spacial score (nSPS) is 11.1. The monoisotopic (exact) mass is 374 g/mol. The third-order valence-corrected chi connectivity index (χ3v) is 4.67. The zero-order valence-electron chi connectivity index (χ0n) is 12.9. The molecule has 0 aliphatic heterocycles. The van der Waals surface area contributed by atoms with Gasteiger partial charge in [-0.1, -0.05) is 35.1 Å². The summed E-state index contributed by atoms with van der Waals surface area (Å²) in [7, 11) is 0. The van der Waals surface area contributed by atoms with Gasteiger partial charge in [-0.15, -0.1) is 10.2 Å². The molecule has 2 aromatic heterocycles. The van der Waals surface area contributed by atoms with E-state index in [0.29, 0.717) is 28.8 Å². The highest BCUT2D eigenvalue weighted by molar-refractivity contribution is 7.16. The van der Waals surface area contributed by atoms with Crippen molar-refractivity contribution in [3.63, 3.8) is 0 Å². The molecule has 0 fully saturated rings. The predicted octanol–water partition coefficient (Wildman–Crippen LogP) is 4.15. The van der Waals surface area contributed by atoms with Gasteiger partial charge in [0.15, 0.2) is 10.8 Å². The fourth-order valence-corrected chi connectivity index (χ4v) is 3.22. The van der Waals surface area contributed by atoms with Gasteiger partial charge >= 0.3 is 0 Å². The van der Waals surface area contributed by atoms with Gasteiger partial charge in [0.05, 0.1) is 0 Å². The number of aromatic nitrogens is 4. The van der Waals surface area contributed by atoms with Gasteiger partial charge in [0.1, 0.15) is 18.2 Å². The van der Waals surface area contributed by atoms with Crippen LogP contribution in [0.15, 0.2) is 48.5 Å². The highest BCUT2D eigenvalue weighted by Gasteiger charge is 2.12. The molecule has 8 heteroatoms. The average Bonchev–Trinajstić information content (AvgIpc) is 3.18. The molecule has 25 heavy (non-hydrogen) atoms. The van der Waals surface area contributed by atoms with E-state index < -0.39 is 0 Å². The van der Waals surface area contributed by atoms with Crippen molar-refractivity contribution in [3.05, 3.63) is 75.8 Å². The van der Waals surface area contributed by atoms with Gasteiger partial charge in [-0.25, -0.2) is 4.39 Å². The molecule has 0 N–H and O–H groups in total. The van der Waals surface area contributed by atoms with Crippen LogP contribution in [0, 0.1) is 5.82 Å². The van der Waals surface area contributed by atoms with Crippen LogP contribution in [0.25, 0.3) is 4.96 Å². The minimum atomic E-state index is -0.294. The van der Waals surface area contributed by atoms with E-state index in [-0.39, 0.29) is 5.82 Å². The van der Waals surface area contributed by atoms with Crippen LogP contribution in [0.4, 0.5) is 4.39 Å². The number of fused-ring (bicyclic) bond motifs is 1. The fourth-order valence-electron chi connectivity index (χ4n) is 2.33. The maximum Gasteiger partial charge on any atom is 0.234 e. The molecule has 4 aromatic rings. The summed E-state index contributed by atoms with van der Waals surface area (Å²) in [6.45, 7) is 0.292. The van der Waals surface area contributed by atoms with E-state index in [9.17, 15) is 4.39 Å². The predicted molar refractivity (Wildman–Crippen MR) is 93.6 cm³/mol. The van der Waals surface area contributed by atoms with E-state index in [1.807, 2.05) is 24.3 Å². The molecule has 2 aromatic carbocycles. The summed E-state index contributed by atoms with van der Waals surface area (Å²) in [6, 6.07) is 13.5. The van der Waals surface area contributed by atoms with Crippen LogP contribution >= 0.6 is 22.9 Å². The summed E-state index contributed by atoms with van der Waals surface area (Å²) < 4.78 is 20.2. The Balaban J connectivity index is 1.49. The van der Waals surface area contributed by atoms with E-state index in [4.69, 9.17) is 16.3 Å².